The van der Waals surface area contributed by atoms with Gasteiger partial charge in [0.2, 0.25) is 5.91 Å². The average molecular weight is 457 g/mol. The number of carbonyl (C=O) groups excluding carboxylic acids is 2. The molecule has 0 bridgehead atoms. The van der Waals surface area contributed by atoms with Crippen molar-refractivity contribution in [2.24, 2.45) is 17.8 Å². The molecule has 31 heavy (non-hydrogen) atoms. The first-order chi connectivity index (χ1) is 14.5. The van der Waals surface area contributed by atoms with E-state index in [1.165, 1.54) is 10.3 Å². The number of esters is 1. The third-order valence-corrected chi connectivity index (χ3v) is 6.09. The van der Waals surface area contributed by atoms with E-state index in [4.69, 9.17) is 9.84 Å². The summed E-state index contributed by atoms with van der Waals surface area (Å²) >= 11 is 1.07. The van der Waals surface area contributed by atoms with E-state index in [1.807, 2.05) is 41.5 Å². The van der Waals surface area contributed by atoms with Gasteiger partial charge in [-0.3, -0.25) is 9.59 Å². The Bertz CT molecular complexity index is 733. The molecule has 1 heterocycles. The Labute approximate surface area is 188 Å². The summed E-state index contributed by atoms with van der Waals surface area (Å²) in [6, 6.07) is -0.407. The highest BCUT2D eigenvalue weighted by Crippen LogP contribution is 2.28. The molecule has 0 aliphatic carbocycles. The number of hydrogen-bond acceptors (Lipinski definition) is 7. The second-order valence-corrected chi connectivity index (χ2v) is 9.65. The molecule has 0 aromatic carbocycles. The van der Waals surface area contributed by atoms with Gasteiger partial charge in [-0.1, -0.05) is 48.0 Å². The molecular formula is C22H36N2O6S. The molecule has 0 fully saturated rings. The van der Waals surface area contributed by atoms with Crippen LogP contribution < -0.4 is 0 Å². The van der Waals surface area contributed by atoms with Crippen molar-refractivity contribution in [3.63, 3.8) is 0 Å². The maximum atomic E-state index is 13.1. The van der Waals surface area contributed by atoms with E-state index in [2.05, 4.69) is 4.98 Å². The number of carboxylic acids is 1. The number of aromatic carboxylic acids is 1. The maximum absolute atomic E-state index is 13.1. The Morgan fingerprint density at radius 3 is 2.29 bits per heavy atom. The minimum atomic E-state index is -1.16. The number of ether oxygens (including phenoxy) is 1. The molecule has 0 saturated carbocycles. The van der Waals surface area contributed by atoms with Gasteiger partial charge in [0.25, 0.3) is 0 Å². The van der Waals surface area contributed by atoms with Crippen molar-refractivity contribution in [3.05, 3.63) is 16.1 Å². The van der Waals surface area contributed by atoms with Gasteiger partial charge in [0.1, 0.15) is 11.1 Å². The molecule has 1 rings (SSSR count). The van der Waals surface area contributed by atoms with Crippen molar-refractivity contribution in [3.8, 4) is 0 Å². The summed E-state index contributed by atoms with van der Waals surface area (Å²) in [6.07, 6.45) is 0.560. The summed E-state index contributed by atoms with van der Waals surface area (Å²) in [4.78, 5) is 41.7. The van der Waals surface area contributed by atoms with Crippen LogP contribution in [-0.2, 0) is 14.3 Å². The SMILES string of the molecule is CC[C@H](C)CC(=O)N(COC(=O)CC(C)C)[C@H](CC(O)c1nc(C(=O)O)cs1)C(C)C. The van der Waals surface area contributed by atoms with E-state index < -0.39 is 18.1 Å². The van der Waals surface area contributed by atoms with Gasteiger partial charge in [0.15, 0.2) is 12.4 Å². The molecule has 0 aliphatic heterocycles. The van der Waals surface area contributed by atoms with Crippen LogP contribution in [0.25, 0.3) is 0 Å². The number of nitrogens with zero attached hydrogens (tertiary/aromatic N) is 2. The summed E-state index contributed by atoms with van der Waals surface area (Å²) in [5.74, 6) is -1.37. The van der Waals surface area contributed by atoms with Gasteiger partial charge >= 0.3 is 11.9 Å². The fourth-order valence-corrected chi connectivity index (χ4v) is 3.86. The van der Waals surface area contributed by atoms with E-state index in [0.717, 1.165) is 17.8 Å². The molecule has 1 aromatic heterocycles. The van der Waals surface area contributed by atoms with Crippen molar-refractivity contribution < 1.29 is 29.3 Å². The molecule has 1 unspecified atom stereocenters. The first-order valence-electron chi connectivity index (χ1n) is 10.8. The second-order valence-electron chi connectivity index (χ2n) is 8.76. The minimum absolute atomic E-state index is 0.0294. The predicted octanol–water partition coefficient (Wildman–Crippen LogP) is 4.10. The number of aliphatic hydroxyl groups is 1. The van der Waals surface area contributed by atoms with Crippen molar-refractivity contribution in [2.45, 2.75) is 79.4 Å². The molecule has 176 valence electrons. The van der Waals surface area contributed by atoms with Crippen LogP contribution in [-0.4, -0.2) is 50.7 Å². The van der Waals surface area contributed by atoms with E-state index in [1.54, 1.807) is 0 Å². The van der Waals surface area contributed by atoms with Gasteiger partial charge in [-0.05, 0) is 17.8 Å². The number of amides is 1. The number of thiazole rings is 1. The van der Waals surface area contributed by atoms with Crippen LogP contribution in [0.1, 0.15) is 88.8 Å². The van der Waals surface area contributed by atoms with E-state index in [0.29, 0.717) is 6.42 Å². The number of rotatable bonds is 13. The molecule has 8 nitrogen and oxygen atoms in total. The Morgan fingerprint density at radius 2 is 1.81 bits per heavy atom. The first kappa shape index (κ1) is 27.0. The zero-order valence-electron chi connectivity index (χ0n) is 19.3. The lowest BCUT2D eigenvalue weighted by Gasteiger charge is -2.35. The standard InChI is InChI=1S/C22H36N2O6S/c1-7-15(6)9-19(26)24(12-30-20(27)8-13(2)3)17(14(4)5)10-18(25)21-23-16(11-31-21)22(28)29/h11,13-15,17-18,25H,7-10,12H2,1-6H3,(H,28,29)/t15-,17+,18?/m0/s1. The van der Waals surface area contributed by atoms with Crippen LogP contribution >= 0.6 is 11.3 Å². The maximum Gasteiger partial charge on any atom is 0.355 e. The van der Waals surface area contributed by atoms with Crippen molar-refractivity contribution in [2.75, 3.05) is 6.73 Å². The third kappa shape index (κ3) is 8.95. The van der Waals surface area contributed by atoms with Crippen molar-refractivity contribution >= 4 is 29.2 Å². The summed E-state index contributed by atoms with van der Waals surface area (Å²) < 4.78 is 5.40. The van der Waals surface area contributed by atoms with Gasteiger partial charge < -0.3 is 19.8 Å². The summed E-state index contributed by atoms with van der Waals surface area (Å²) in [5, 5.41) is 21.4. The van der Waals surface area contributed by atoms with Crippen molar-refractivity contribution in [1.82, 2.24) is 9.88 Å². The largest absolute Gasteiger partial charge is 0.476 e. The average Bonchev–Trinajstić information content (AvgIpc) is 3.16. The Hall–Kier alpha value is -2.00. The fraction of sp³-hybridized carbons (Fsp3) is 0.727. The number of hydrogen-bond donors (Lipinski definition) is 2. The van der Waals surface area contributed by atoms with E-state index in [9.17, 15) is 19.5 Å². The Balaban J connectivity index is 3.04. The van der Waals surface area contributed by atoms with Crippen LogP contribution in [0.3, 0.4) is 0 Å². The van der Waals surface area contributed by atoms with Crippen molar-refractivity contribution in [1.29, 1.82) is 0 Å². The van der Waals surface area contributed by atoms with Crippen LogP contribution in [0.4, 0.5) is 0 Å². The molecular weight excluding hydrogens is 420 g/mol. The second kappa shape index (κ2) is 12.8. The molecule has 0 radical (unpaired) electrons. The van der Waals surface area contributed by atoms with E-state index in [-0.39, 0.29) is 59.9 Å². The van der Waals surface area contributed by atoms with E-state index >= 15 is 0 Å². The van der Waals surface area contributed by atoms with Gasteiger partial charge in [-0.25, -0.2) is 9.78 Å². The van der Waals surface area contributed by atoms with Crippen LogP contribution in [0.2, 0.25) is 0 Å². The van der Waals surface area contributed by atoms with Gasteiger partial charge in [-0.2, -0.15) is 0 Å². The molecule has 9 heteroatoms. The molecule has 0 spiro atoms. The minimum Gasteiger partial charge on any atom is -0.476 e. The number of carboxylic acid groups (broad SMARTS) is 1. The predicted molar refractivity (Wildman–Crippen MR) is 119 cm³/mol. The normalized spacial score (nSPS) is 14.4. The lowest BCUT2D eigenvalue weighted by molar-refractivity contribution is -0.157. The highest BCUT2D eigenvalue weighted by molar-refractivity contribution is 7.09. The lowest BCUT2D eigenvalue weighted by Crippen LogP contribution is -2.46. The third-order valence-electron chi connectivity index (χ3n) is 5.14. The summed E-state index contributed by atoms with van der Waals surface area (Å²) in [5.41, 5.74) is -0.118. The van der Waals surface area contributed by atoms with Gasteiger partial charge in [0, 0.05) is 30.7 Å². The molecule has 1 amide bonds. The van der Waals surface area contributed by atoms with Gasteiger partial charge in [-0.15, -0.1) is 11.3 Å². The summed E-state index contributed by atoms with van der Waals surface area (Å²) in [7, 11) is 0. The first-order valence-corrected chi connectivity index (χ1v) is 11.7. The molecule has 0 aliphatic rings. The number of aliphatic hydroxyl groups excluding tert-OH is 1. The number of aromatic nitrogens is 1. The summed E-state index contributed by atoms with van der Waals surface area (Å²) in [6.45, 7) is 11.5. The zero-order chi connectivity index (χ0) is 23.7. The quantitative estimate of drug-likeness (QED) is 0.339. The smallest absolute Gasteiger partial charge is 0.355 e. The monoisotopic (exact) mass is 456 g/mol. The topological polar surface area (TPSA) is 117 Å². The highest BCUT2D eigenvalue weighted by Gasteiger charge is 2.31. The molecule has 1 aromatic rings. The molecule has 2 N–H and O–H groups in total. The molecule has 3 atom stereocenters. The number of carbonyl (C=O) groups is 3. The van der Waals surface area contributed by atoms with Crippen LogP contribution in [0.5, 0.6) is 0 Å². The van der Waals surface area contributed by atoms with Crippen LogP contribution in [0.15, 0.2) is 5.38 Å². The molecule has 0 saturated heterocycles. The van der Waals surface area contributed by atoms with Gasteiger partial charge in [0.05, 0.1) is 0 Å². The Kier molecular flexibility index (Phi) is 11.1. The fourth-order valence-electron chi connectivity index (χ4n) is 3.07. The lowest BCUT2D eigenvalue weighted by atomic mass is 9.95. The Morgan fingerprint density at radius 1 is 1.16 bits per heavy atom. The zero-order valence-corrected chi connectivity index (χ0v) is 20.1. The van der Waals surface area contributed by atoms with Crippen LogP contribution in [0, 0.1) is 17.8 Å². The highest BCUT2D eigenvalue weighted by atomic mass is 32.1.